The van der Waals surface area contributed by atoms with Crippen LogP contribution in [0.4, 0.5) is 4.39 Å². The summed E-state index contributed by atoms with van der Waals surface area (Å²) < 4.78 is 13.5. The van der Waals surface area contributed by atoms with Crippen LogP contribution in [0.25, 0.3) is 11.3 Å². The molecule has 2 aromatic rings. The molecule has 0 bridgehead atoms. The normalized spacial score (nSPS) is 18.1. The Bertz CT molecular complexity index is 923. The molecule has 188 valence electrons. The van der Waals surface area contributed by atoms with Gasteiger partial charge < -0.3 is 5.73 Å². The van der Waals surface area contributed by atoms with Crippen molar-refractivity contribution in [1.29, 1.82) is 0 Å². The lowest BCUT2D eigenvalue weighted by Gasteiger charge is -2.39. The van der Waals surface area contributed by atoms with Crippen molar-refractivity contribution in [2.24, 2.45) is 23.5 Å². The molecule has 34 heavy (non-hydrogen) atoms. The van der Waals surface area contributed by atoms with Crippen molar-refractivity contribution < 1.29 is 4.39 Å². The first-order valence-electron chi connectivity index (χ1n) is 13.1. The summed E-state index contributed by atoms with van der Waals surface area (Å²) >= 11 is 0. The lowest BCUT2D eigenvalue weighted by molar-refractivity contribution is 0.228. The maximum Gasteiger partial charge on any atom is 0.123 e. The number of allylic oxidation sites excluding steroid dienone is 1. The maximum absolute atomic E-state index is 13.5. The van der Waals surface area contributed by atoms with Gasteiger partial charge in [-0.05, 0) is 103 Å². The number of hydrogen-bond donors (Lipinski definition) is 3. The Hall–Kier alpha value is -2.17. The monoisotopic (exact) mass is 467 g/mol. The van der Waals surface area contributed by atoms with Gasteiger partial charge in [-0.3, -0.25) is 10.9 Å². The summed E-state index contributed by atoms with van der Waals surface area (Å²) in [4.78, 5) is 0. The molecule has 0 radical (unpaired) electrons. The van der Waals surface area contributed by atoms with Gasteiger partial charge in [0.05, 0.1) is 0 Å². The van der Waals surface area contributed by atoms with E-state index in [9.17, 15) is 4.39 Å². The number of benzene rings is 2. The number of hydrogen-bond acceptors (Lipinski definition) is 3. The van der Waals surface area contributed by atoms with E-state index in [4.69, 9.17) is 5.73 Å². The molecule has 0 unspecified atom stereocenters. The molecule has 3 rings (SSSR count). The van der Waals surface area contributed by atoms with E-state index in [1.54, 1.807) is 12.1 Å². The van der Waals surface area contributed by atoms with Gasteiger partial charge in [0.1, 0.15) is 5.82 Å². The predicted molar refractivity (Wildman–Crippen MR) is 146 cm³/mol. The highest BCUT2D eigenvalue weighted by molar-refractivity contribution is 5.91. The van der Waals surface area contributed by atoms with Crippen molar-refractivity contribution in [3.8, 4) is 0 Å². The van der Waals surface area contributed by atoms with Crippen molar-refractivity contribution in [3.05, 3.63) is 70.0 Å². The molecule has 4 heteroatoms. The van der Waals surface area contributed by atoms with Gasteiger partial charge >= 0.3 is 0 Å². The first kappa shape index (κ1) is 28.1. The molecule has 0 amide bonds. The van der Waals surface area contributed by atoms with Crippen LogP contribution >= 0.6 is 0 Å². The van der Waals surface area contributed by atoms with E-state index < -0.39 is 0 Å². The SMILES string of the molecule is CC.CCC(CC)CNNCC1CC(/C(=C(/N)c2ccc(F)cc2)c2cc(C)cc(C)c2C)C1. The van der Waals surface area contributed by atoms with Gasteiger partial charge in [-0.2, -0.15) is 0 Å². The minimum Gasteiger partial charge on any atom is -0.398 e. The second-order valence-corrected chi connectivity index (χ2v) is 9.57. The van der Waals surface area contributed by atoms with Crippen molar-refractivity contribution in [2.45, 2.75) is 74.1 Å². The molecular formula is C30H46FN3. The Morgan fingerprint density at radius 3 is 2.21 bits per heavy atom. The summed E-state index contributed by atoms with van der Waals surface area (Å²) in [6.45, 7) is 17.0. The molecule has 1 fully saturated rings. The molecule has 0 heterocycles. The van der Waals surface area contributed by atoms with Gasteiger partial charge in [0, 0.05) is 18.8 Å². The third-order valence-electron chi connectivity index (χ3n) is 7.25. The maximum atomic E-state index is 13.5. The zero-order chi connectivity index (χ0) is 25.3. The van der Waals surface area contributed by atoms with E-state index in [2.05, 4.69) is 57.6 Å². The molecule has 1 saturated carbocycles. The number of halogens is 1. The summed E-state index contributed by atoms with van der Waals surface area (Å²) in [5.41, 5.74) is 21.6. The van der Waals surface area contributed by atoms with E-state index >= 15 is 0 Å². The van der Waals surface area contributed by atoms with Crippen LogP contribution in [-0.4, -0.2) is 13.1 Å². The first-order chi connectivity index (χ1) is 16.3. The molecule has 0 atom stereocenters. The topological polar surface area (TPSA) is 50.1 Å². The van der Waals surface area contributed by atoms with Crippen LogP contribution in [0.3, 0.4) is 0 Å². The van der Waals surface area contributed by atoms with Gasteiger partial charge in [-0.15, -0.1) is 0 Å². The number of hydrazine groups is 1. The summed E-state index contributed by atoms with van der Waals surface area (Å²) in [6.07, 6.45) is 4.65. The van der Waals surface area contributed by atoms with Gasteiger partial charge in [0.15, 0.2) is 0 Å². The third kappa shape index (κ3) is 7.16. The summed E-state index contributed by atoms with van der Waals surface area (Å²) in [7, 11) is 0. The number of rotatable bonds is 10. The second kappa shape index (κ2) is 13.7. The van der Waals surface area contributed by atoms with Crippen molar-refractivity contribution in [3.63, 3.8) is 0 Å². The van der Waals surface area contributed by atoms with Crippen molar-refractivity contribution in [2.75, 3.05) is 13.1 Å². The minimum atomic E-state index is -0.235. The third-order valence-corrected chi connectivity index (χ3v) is 7.25. The molecule has 0 aromatic heterocycles. The Kier molecular flexibility index (Phi) is 11.3. The molecule has 0 spiro atoms. The molecule has 4 N–H and O–H groups in total. The highest BCUT2D eigenvalue weighted by Crippen LogP contribution is 2.46. The van der Waals surface area contributed by atoms with E-state index in [1.807, 2.05) is 13.8 Å². The van der Waals surface area contributed by atoms with Crippen LogP contribution in [0.2, 0.25) is 0 Å². The minimum absolute atomic E-state index is 0.235. The number of aryl methyl sites for hydroxylation is 2. The van der Waals surface area contributed by atoms with Crippen LogP contribution in [0, 0.1) is 44.3 Å². The lowest BCUT2D eigenvalue weighted by Crippen LogP contribution is -2.42. The fourth-order valence-electron chi connectivity index (χ4n) is 4.84. The fourth-order valence-corrected chi connectivity index (χ4v) is 4.84. The van der Waals surface area contributed by atoms with E-state index in [1.165, 1.54) is 52.8 Å². The first-order valence-corrected chi connectivity index (χ1v) is 13.1. The fraction of sp³-hybridized carbons (Fsp3) is 0.533. The van der Waals surface area contributed by atoms with E-state index in [-0.39, 0.29) is 5.82 Å². The Morgan fingerprint density at radius 1 is 1.00 bits per heavy atom. The van der Waals surface area contributed by atoms with E-state index in [0.29, 0.717) is 11.8 Å². The van der Waals surface area contributed by atoms with Crippen LogP contribution in [-0.2, 0) is 0 Å². The molecule has 1 aliphatic rings. The largest absolute Gasteiger partial charge is 0.398 e. The van der Waals surface area contributed by atoms with Gasteiger partial charge in [-0.25, -0.2) is 4.39 Å². The summed E-state index contributed by atoms with van der Waals surface area (Å²) in [5, 5.41) is 0. The smallest absolute Gasteiger partial charge is 0.123 e. The average molecular weight is 468 g/mol. The van der Waals surface area contributed by atoms with Crippen LogP contribution in [0.15, 0.2) is 36.4 Å². The second-order valence-electron chi connectivity index (χ2n) is 9.57. The average Bonchev–Trinajstić information content (AvgIpc) is 2.81. The Labute approximate surface area is 207 Å². The Morgan fingerprint density at radius 2 is 1.62 bits per heavy atom. The van der Waals surface area contributed by atoms with Crippen LogP contribution in [0.5, 0.6) is 0 Å². The van der Waals surface area contributed by atoms with Gasteiger partial charge in [-0.1, -0.05) is 58.2 Å². The number of nitrogens with one attached hydrogen (secondary N) is 2. The van der Waals surface area contributed by atoms with Gasteiger partial charge in [0.25, 0.3) is 0 Å². The highest BCUT2D eigenvalue weighted by Gasteiger charge is 2.34. The zero-order valence-corrected chi connectivity index (χ0v) is 22.4. The van der Waals surface area contributed by atoms with Crippen molar-refractivity contribution in [1.82, 2.24) is 10.9 Å². The standard InChI is InChI=1S/C28H40FN3.C2H6/c1-6-21(7-2)16-31-32-17-22-14-24(15-22)27(26-13-18(3)12-19(4)20(26)5)28(30)23-8-10-25(29)11-9-23;1-2/h8-13,21-22,24,31-32H,6-7,14-17,30H2,1-5H3;1-2H3/b28-27-;. The van der Waals surface area contributed by atoms with Crippen LogP contribution < -0.4 is 16.6 Å². The molecule has 3 nitrogen and oxygen atoms in total. The number of nitrogens with two attached hydrogens (primary N) is 1. The quantitative estimate of drug-likeness (QED) is 0.197. The summed E-state index contributed by atoms with van der Waals surface area (Å²) in [6, 6.07) is 11.1. The van der Waals surface area contributed by atoms with Gasteiger partial charge in [0.2, 0.25) is 0 Å². The van der Waals surface area contributed by atoms with Crippen molar-refractivity contribution >= 4 is 11.3 Å². The Balaban J connectivity index is 0.00000199. The molecule has 1 aliphatic carbocycles. The lowest BCUT2D eigenvalue weighted by atomic mass is 9.68. The molecular weight excluding hydrogens is 421 g/mol. The molecule has 0 saturated heterocycles. The van der Waals surface area contributed by atoms with E-state index in [0.717, 1.165) is 43.1 Å². The molecule has 0 aliphatic heterocycles. The summed E-state index contributed by atoms with van der Waals surface area (Å²) in [5.74, 6) is 1.55. The predicted octanol–water partition coefficient (Wildman–Crippen LogP) is 7.16. The highest BCUT2D eigenvalue weighted by atomic mass is 19.1. The van der Waals surface area contributed by atoms with Crippen LogP contribution in [0.1, 0.15) is 81.2 Å². The zero-order valence-electron chi connectivity index (χ0n) is 22.4. The molecule has 2 aromatic carbocycles.